The lowest BCUT2D eigenvalue weighted by molar-refractivity contribution is -0.132. The Hall–Kier alpha value is -1.41. The van der Waals surface area contributed by atoms with Gasteiger partial charge in [-0.05, 0) is 19.4 Å². The molecule has 0 amide bonds. The Morgan fingerprint density at radius 3 is 2.69 bits per heavy atom. The molecule has 0 aliphatic carbocycles. The van der Waals surface area contributed by atoms with E-state index in [1.165, 1.54) is 19.1 Å². The van der Waals surface area contributed by atoms with Gasteiger partial charge in [0.1, 0.15) is 0 Å². The van der Waals surface area contributed by atoms with Gasteiger partial charge in [0.15, 0.2) is 0 Å². The zero-order valence-corrected chi connectivity index (χ0v) is 7.78. The number of carbonyl (C=O) groups excluding carboxylic acids is 1. The molecule has 0 saturated heterocycles. The maximum atomic E-state index is 10.4. The molecule has 72 valence electrons. The van der Waals surface area contributed by atoms with Crippen LogP contribution in [0.3, 0.4) is 0 Å². The predicted octanol–water partition coefficient (Wildman–Crippen LogP) is 1.52. The first-order chi connectivity index (χ1) is 6.11. The van der Waals surface area contributed by atoms with Crippen LogP contribution in [0.2, 0.25) is 0 Å². The van der Waals surface area contributed by atoms with Crippen LogP contribution < -0.4 is 0 Å². The van der Waals surface area contributed by atoms with Gasteiger partial charge in [0.05, 0.1) is 6.04 Å². The number of carboxylic acid groups (broad SMARTS) is 1. The third kappa shape index (κ3) is 4.93. The minimum Gasteiger partial charge on any atom is -0.478 e. The first-order valence-corrected chi connectivity index (χ1v) is 4.10. The number of aliphatic carboxylic acids is 1. The fraction of sp³-hybridized carbons (Fsp3) is 0.556. The summed E-state index contributed by atoms with van der Waals surface area (Å²) in [7, 11) is 0. The summed E-state index contributed by atoms with van der Waals surface area (Å²) in [5.41, 5.74) is 0.206. The van der Waals surface area contributed by atoms with Gasteiger partial charge in [-0.25, -0.2) is 9.59 Å². The summed E-state index contributed by atoms with van der Waals surface area (Å²) in [4.78, 5) is 23.9. The van der Waals surface area contributed by atoms with Crippen molar-refractivity contribution in [2.24, 2.45) is 4.99 Å². The highest BCUT2D eigenvalue weighted by Gasteiger charge is 2.06. The Morgan fingerprint density at radius 2 is 2.31 bits per heavy atom. The topological polar surface area (TPSA) is 66.7 Å². The lowest BCUT2D eigenvalue weighted by atomic mass is 10.1. The third-order valence-corrected chi connectivity index (χ3v) is 1.58. The summed E-state index contributed by atoms with van der Waals surface area (Å²) in [6.07, 6.45) is 4.42. The van der Waals surface area contributed by atoms with E-state index in [2.05, 4.69) is 4.99 Å². The van der Waals surface area contributed by atoms with E-state index in [0.29, 0.717) is 6.42 Å². The molecule has 4 nitrogen and oxygen atoms in total. The molecule has 0 spiro atoms. The monoisotopic (exact) mass is 183 g/mol. The molecule has 0 aromatic heterocycles. The quantitative estimate of drug-likeness (QED) is 0.399. The molecule has 0 rings (SSSR count). The van der Waals surface area contributed by atoms with Crippen molar-refractivity contribution in [3.05, 3.63) is 11.6 Å². The Labute approximate surface area is 77.0 Å². The Bertz CT molecular complexity index is 252. The van der Waals surface area contributed by atoms with Gasteiger partial charge >= 0.3 is 5.97 Å². The minimum atomic E-state index is -0.984. The predicted molar refractivity (Wildman–Crippen MR) is 48.2 cm³/mol. The highest BCUT2D eigenvalue weighted by molar-refractivity contribution is 5.85. The van der Waals surface area contributed by atoms with Crippen LogP contribution in [0.25, 0.3) is 0 Å². The molecule has 13 heavy (non-hydrogen) atoms. The third-order valence-electron chi connectivity index (χ3n) is 1.58. The van der Waals surface area contributed by atoms with Crippen LogP contribution in [0.4, 0.5) is 0 Å². The fourth-order valence-corrected chi connectivity index (χ4v) is 0.908. The fourth-order valence-electron chi connectivity index (χ4n) is 0.908. The summed E-state index contributed by atoms with van der Waals surface area (Å²) in [6.45, 7) is 3.42. The van der Waals surface area contributed by atoms with Gasteiger partial charge in [-0.15, -0.1) is 0 Å². The molecule has 0 bridgehead atoms. The summed E-state index contributed by atoms with van der Waals surface area (Å²) in [5.74, 6) is -0.984. The highest BCUT2D eigenvalue weighted by atomic mass is 16.4. The normalized spacial score (nSPS) is 13.2. The number of hydrogen-bond acceptors (Lipinski definition) is 3. The molecular weight excluding hydrogens is 170 g/mol. The van der Waals surface area contributed by atoms with Crippen LogP contribution in [0.1, 0.15) is 26.7 Å². The second kappa shape index (κ2) is 6.14. The van der Waals surface area contributed by atoms with Crippen molar-refractivity contribution in [2.75, 3.05) is 0 Å². The van der Waals surface area contributed by atoms with Gasteiger partial charge in [-0.3, -0.25) is 0 Å². The van der Waals surface area contributed by atoms with Crippen LogP contribution >= 0.6 is 0 Å². The summed E-state index contributed by atoms with van der Waals surface area (Å²) in [6, 6.07) is -0.349. The first-order valence-electron chi connectivity index (χ1n) is 4.10. The van der Waals surface area contributed by atoms with E-state index in [1.54, 1.807) is 0 Å². The van der Waals surface area contributed by atoms with Crippen molar-refractivity contribution >= 4 is 12.0 Å². The van der Waals surface area contributed by atoms with Crippen LogP contribution in [-0.4, -0.2) is 23.2 Å². The Balaban J connectivity index is 4.47. The summed E-state index contributed by atoms with van der Waals surface area (Å²) < 4.78 is 0. The zero-order valence-electron chi connectivity index (χ0n) is 7.78. The number of aliphatic imine (C=N–C) groups is 1. The standard InChI is InChI=1S/C9H13NO3/c1-3-4-8(10-6-11)5-7(2)9(12)13/h5,8H,3-4H2,1-2H3,(H,12,13). The van der Waals surface area contributed by atoms with E-state index < -0.39 is 5.97 Å². The molecule has 0 fully saturated rings. The molecule has 0 saturated carbocycles. The molecule has 4 heteroatoms. The highest BCUT2D eigenvalue weighted by Crippen LogP contribution is 2.06. The van der Waals surface area contributed by atoms with Crippen molar-refractivity contribution in [3.63, 3.8) is 0 Å². The summed E-state index contributed by atoms with van der Waals surface area (Å²) >= 11 is 0. The SMILES string of the molecule is CCCC(C=C(C)C(=O)O)N=C=O. The zero-order chi connectivity index (χ0) is 10.3. The lowest BCUT2D eigenvalue weighted by Crippen LogP contribution is -2.04. The number of nitrogens with zero attached hydrogens (tertiary/aromatic N) is 1. The van der Waals surface area contributed by atoms with E-state index >= 15 is 0 Å². The largest absolute Gasteiger partial charge is 0.478 e. The second-order valence-electron chi connectivity index (χ2n) is 2.73. The first kappa shape index (κ1) is 11.6. The van der Waals surface area contributed by atoms with E-state index in [4.69, 9.17) is 5.11 Å². The van der Waals surface area contributed by atoms with E-state index in [-0.39, 0.29) is 11.6 Å². The van der Waals surface area contributed by atoms with E-state index in [0.717, 1.165) is 6.42 Å². The van der Waals surface area contributed by atoms with Crippen LogP contribution in [0.15, 0.2) is 16.6 Å². The number of carbonyl (C=O) groups is 1. The molecule has 1 N–H and O–H groups in total. The number of hydrogen-bond donors (Lipinski definition) is 1. The minimum absolute atomic E-state index is 0.206. The van der Waals surface area contributed by atoms with Crippen LogP contribution in [0.5, 0.6) is 0 Å². The van der Waals surface area contributed by atoms with E-state index in [1.807, 2.05) is 6.92 Å². The van der Waals surface area contributed by atoms with Crippen molar-refractivity contribution in [2.45, 2.75) is 32.7 Å². The molecule has 0 heterocycles. The van der Waals surface area contributed by atoms with Crippen LogP contribution in [-0.2, 0) is 9.59 Å². The van der Waals surface area contributed by atoms with Gasteiger partial charge in [-0.2, -0.15) is 4.99 Å². The molecule has 0 aromatic carbocycles. The molecule has 0 aliphatic heterocycles. The molecule has 1 unspecified atom stereocenters. The van der Waals surface area contributed by atoms with Gasteiger partial charge in [0.2, 0.25) is 6.08 Å². The maximum Gasteiger partial charge on any atom is 0.331 e. The average Bonchev–Trinajstić information content (AvgIpc) is 2.05. The van der Waals surface area contributed by atoms with Gasteiger partial charge in [0, 0.05) is 5.57 Å². The second-order valence-corrected chi connectivity index (χ2v) is 2.73. The molecule has 1 atom stereocenters. The van der Waals surface area contributed by atoms with Crippen molar-refractivity contribution in [1.82, 2.24) is 0 Å². The average molecular weight is 183 g/mol. The van der Waals surface area contributed by atoms with Gasteiger partial charge < -0.3 is 5.11 Å². The van der Waals surface area contributed by atoms with Crippen molar-refractivity contribution < 1.29 is 14.7 Å². The van der Waals surface area contributed by atoms with Gasteiger partial charge in [-0.1, -0.05) is 13.3 Å². The van der Waals surface area contributed by atoms with Gasteiger partial charge in [0.25, 0.3) is 0 Å². The summed E-state index contributed by atoms with van der Waals surface area (Å²) in [5, 5.41) is 8.56. The Morgan fingerprint density at radius 1 is 1.69 bits per heavy atom. The van der Waals surface area contributed by atoms with Crippen molar-refractivity contribution in [3.8, 4) is 0 Å². The van der Waals surface area contributed by atoms with E-state index in [9.17, 15) is 9.59 Å². The van der Waals surface area contributed by atoms with Crippen LogP contribution in [0, 0.1) is 0 Å². The molecule has 0 radical (unpaired) electrons. The molecule has 0 aromatic rings. The molecular formula is C9H13NO3. The number of isocyanates is 1. The lowest BCUT2D eigenvalue weighted by Gasteiger charge is -2.03. The Kier molecular flexibility index (Phi) is 5.48. The molecule has 0 aliphatic rings. The number of carboxylic acids is 1. The smallest absolute Gasteiger partial charge is 0.331 e. The van der Waals surface area contributed by atoms with Crippen molar-refractivity contribution in [1.29, 1.82) is 0 Å². The number of rotatable bonds is 5. The maximum absolute atomic E-state index is 10.4.